The van der Waals surface area contributed by atoms with Crippen molar-refractivity contribution in [1.82, 2.24) is 5.32 Å². The molecule has 0 spiro atoms. The molecule has 0 aromatic carbocycles. The van der Waals surface area contributed by atoms with Crippen LogP contribution in [0.2, 0.25) is 0 Å². The second-order valence-corrected chi connectivity index (χ2v) is 4.92. The minimum Gasteiger partial charge on any atom is -0.481 e. The van der Waals surface area contributed by atoms with Gasteiger partial charge in [0.15, 0.2) is 0 Å². The van der Waals surface area contributed by atoms with Gasteiger partial charge in [0, 0.05) is 26.4 Å². The molecule has 2 heterocycles. The lowest BCUT2D eigenvalue weighted by Crippen LogP contribution is -2.48. The molecule has 6 heteroatoms. The van der Waals surface area contributed by atoms with Crippen LogP contribution in [0.15, 0.2) is 0 Å². The first-order valence-corrected chi connectivity index (χ1v) is 6.34. The second-order valence-electron chi connectivity index (χ2n) is 4.92. The van der Waals surface area contributed by atoms with Crippen LogP contribution in [0.1, 0.15) is 25.7 Å². The van der Waals surface area contributed by atoms with Gasteiger partial charge in [-0.05, 0) is 25.7 Å². The third-order valence-corrected chi connectivity index (χ3v) is 3.73. The van der Waals surface area contributed by atoms with E-state index in [0.717, 1.165) is 12.8 Å². The van der Waals surface area contributed by atoms with Crippen molar-refractivity contribution in [3.05, 3.63) is 0 Å². The summed E-state index contributed by atoms with van der Waals surface area (Å²) < 4.78 is 10.4. The number of aliphatic carboxylic acids is 1. The Morgan fingerprint density at radius 1 is 1.28 bits per heavy atom. The van der Waals surface area contributed by atoms with Crippen molar-refractivity contribution in [1.29, 1.82) is 0 Å². The molecule has 0 aromatic heterocycles. The van der Waals surface area contributed by atoms with Gasteiger partial charge in [0.1, 0.15) is 6.10 Å². The number of carboxylic acids is 1. The van der Waals surface area contributed by atoms with Crippen LogP contribution in [-0.2, 0) is 19.1 Å². The summed E-state index contributed by atoms with van der Waals surface area (Å²) >= 11 is 0. The molecule has 2 aliphatic rings. The first-order valence-electron chi connectivity index (χ1n) is 6.34. The van der Waals surface area contributed by atoms with Crippen LogP contribution >= 0.6 is 0 Å². The van der Waals surface area contributed by atoms with Gasteiger partial charge in [-0.25, -0.2) is 0 Å². The van der Waals surface area contributed by atoms with E-state index in [1.807, 2.05) is 0 Å². The van der Waals surface area contributed by atoms with Crippen molar-refractivity contribution >= 4 is 11.9 Å². The Balaban J connectivity index is 1.89. The van der Waals surface area contributed by atoms with Gasteiger partial charge in [-0.2, -0.15) is 0 Å². The molecule has 2 rings (SSSR count). The smallest absolute Gasteiger partial charge is 0.311 e. The van der Waals surface area contributed by atoms with Gasteiger partial charge in [-0.3, -0.25) is 9.59 Å². The molecular formula is C12H19NO5. The van der Waals surface area contributed by atoms with E-state index in [-0.39, 0.29) is 12.5 Å². The molecule has 1 amide bonds. The quantitative estimate of drug-likeness (QED) is 0.749. The summed E-state index contributed by atoms with van der Waals surface area (Å²) in [6.45, 7) is 1.63. The predicted octanol–water partition coefficient (Wildman–Crippen LogP) is 0.163. The highest BCUT2D eigenvalue weighted by molar-refractivity contribution is 5.82. The Morgan fingerprint density at radius 2 is 2.00 bits per heavy atom. The fourth-order valence-electron chi connectivity index (χ4n) is 2.38. The van der Waals surface area contributed by atoms with Gasteiger partial charge in [-0.1, -0.05) is 0 Å². The number of carboxylic acid groups (broad SMARTS) is 1. The van der Waals surface area contributed by atoms with Crippen LogP contribution in [0.5, 0.6) is 0 Å². The number of carbonyl (C=O) groups excluding carboxylic acids is 1. The van der Waals surface area contributed by atoms with Gasteiger partial charge >= 0.3 is 5.97 Å². The highest BCUT2D eigenvalue weighted by Gasteiger charge is 2.41. The monoisotopic (exact) mass is 257 g/mol. The third kappa shape index (κ3) is 2.81. The zero-order chi connectivity index (χ0) is 13.0. The van der Waals surface area contributed by atoms with Crippen LogP contribution in [0.25, 0.3) is 0 Å². The molecule has 6 nitrogen and oxygen atoms in total. The van der Waals surface area contributed by atoms with Crippen molar-refractivity contribution in [2.24, 2.45) is 5.41 Å². The van der Waals surface area contributed by atoms with Crippen LogP contribution in [0, 0.1) is 5.41 Å². The van der Waals surface area contributed by atoms with E-state index in [1.165, 1.54) is 0 Å². The van der Waals surface area contributed by atoms with Gasteiger partial charge in [0.25, 0.3) is 0 Å². The molecule has 1 atom stereocenters. The largest absolute Gasteiger partial charge is 0.481 e. The number of nitrogens with one attached hydrogen (secondary N) is 1. The lowest BCUT2D eigenvalue weighted by Gasteiger charge is -2.33. The Hall–Kier alpha value is -1.14. The molecule has 0 saturated carbocycles. The summed E-state index contributed by atoms with van der Waals surface area (Å²) in [5, 5.41) is 12.0. The molecular weight excluding hydrogens is 238 g/mol. The molecule has 0 aromatic rings. The molecule has 0 aliphatic carbocycles. The Morgan fingerprint density at radius 3 is 2.56 bits per heavy atom. The van der Waals surface area contributed by atoms with E-state index >= 15 is 0 Å². The average Bonchev–Trinajstić information content (AvgIpc) is 2.91. The second kappa shape index (κ2) is 5.67. The number of hydrogen-bond acceptors (Lipinski definition) is 4. The van der Waals surface area contributed by atoms with Crippen molar-refractivity contribution in [2.45, 2.75) is 31.8 Å². The van der Waals surface area contributed by atoms with Crippen LogP contribution in [0.3, 0.4) is 0 Å². The maximum Gasteiger partial charge on any atom is 0.311 e. The first kappa shape index (κ1) is 13.3. The third-order valence-electron chi connectivity index (χ3n) is 3.73. The van der Waals surface area contributed by atoms with Crippen molar-refractivity contribution < 1.29 is 24.2 Å². The topological polar surface area (TPSA) is 84.9 Å². The molecule has 2 saturated heterocycles. The Kier molecular flexibility index (Phi) is 4.19. The van der Waals surface area contributed by atoms with Crippen LogP contribution < -0.4 is 5.32 Å². The van der Waals surface area contributed by atoms with Gasteiger partial charge in [0.05, 0.1) is 5.41 Å². The molecule has 0 bridgehead atoms. The summed E-state index contributed by atoms with van der Waals surface area (Å²) in [5.41, 5.74) is -0.882. The molecule has 0 radical (unpaired) electrons. The first-order chi connectivity index (χ1) is 8.64. The maximum atomic E-state index is 11.8. The highest BCUT2D eigenvalue weighted by atomic mass is 16.5. The van der Waals surface area contributed by atoms with Crippen molar-refractivity contribution in [3.63, 3.8) is 0 Å². The summed E-state index contributed by atoms with van der Waals surface area (Å²) in [6.07, 6.45) is 2.07. The van der Waals surface area contributed by atoms with E-state index in [4.69, 9.17) is 9.47 Å². The van der Waals surface area contributed by atoms with E-state index in [2.05, 4.69) is 5.32 Å². The summed E-state index contributed by atoms with van der Waals surface area (Å²) in [5.74, 6) is -1.06. The Bertz CT molecular complexity index is 318. The molecule has 2 N–H and O–H groups in total. The lowest BCUT2D eigenvalue weighted by molar-refractivity contribution is -0.155. The van der Waals surface area contributed by atoms with E-state index < -0.39 is 17.5 Å². The maximum absolute atomic E-state index is 11.8. The van der Waals surface area contributed by atoms with Gasteiger partial charge in [0.2, 0.25) is 5.91 Å². The molecule has 102 valence electrons. The number of ether oxygens (including phenoxy) is 2. The minimum absolute atomic E-state index is 0.157. The minimum atomic E-state index is -0.882. The molecule has 18 heavy (non-hydrogen) atoms. The standard InChI is InChI=1S/C12H19NO5/c14-10(9-2-1-5-18-9)13-8-12(11(15)16)3-6-17-7-4-12/h9H,1-8H2,(H,13,14)(H,15,16). The lowest BCUT2D eigenvalue weighted by atomic mass is 9.80. The zero-order valence-electron chi connectivity index (χ0n) is 10.3. The summed E-state index contributed by atoms with van der Waals surface area (Å²) in [7, 11) is 0. The Labute approximate surface area is 106 Å². The van der Waals surface area contributed by atoms with Crippen molar-refractivity contribution in [2.75, 3.05) is 26.4 Å². The number of rotatable bonds is 4. The van der Waals surface area contributed by atoms with Gasteiger partial charge < -0.3 is 19.9 Å². The zero-order valence-corrected chi connectivity index (χ0v) is 10.3. The number of carbonyl (C=O) groups is 2. The molecule has 2 aliphatic heterocycles. The normalized spacial score (nSPS) is 26.8. The van der Waals surface area contributed by atoms with Crippen molar-refractivity contribution in [3.8, 4) is 0 Å². The summed E-state index contributed by atoms with van der Waals surface area (Å²) in [4.78, 5) is 23.2. The molecule has 1 unspecified atom stereocenters. The predicted molar refractivity (Wildman–Crippen MR) is 62.1 cm³/mol. The van der Waals surface area contributed by atoms with Gasteiger partial charge in [-0.15, -0.1) is 0 Å². The SMILES string of the molecule is O=C(NCC1(C(=O)O)CCOCC1)C1CCCO1. The van der Waals surface area contributed by atoms with E-state index in [9.17, 15) is 14.7 Å². The fourth-order valence-corrected chi connectivity index (χ4v) is 2.38. The fraction of sp³-hybridized carbons (Fsp3) is 0.833. The average molecular weight is 257 g/mol. The molecule has 2 fully saturated rings. The summed E-state index contributed by atoms with van der Waals surface area (Å²) in [6, 6.07) is 0. The highest BCUT2D eigenvalue weighted by Crippen LogP contribution is 2.30. The van der Waals surface area contributed by atoms with Crippen LogP contribution in [-0.4, -0.2) is 49.5 Å². The van der Waals surface area contributed by atoms with E-state index in [0.29, 0.717) is 32.7 Å². The van der Waals surface area contributed by atoms with E-state index in [1.54, 1.807) is 0 Å². The number of amides is 1. The van der Waals surface area contributed by atoms with Crippen LogP contribution in [0.4, 0.5) is 0 Å². The number of hydrogen-bond donors (Lipinski definition) is 2.